The van der Waals surface area contributed by atoms with Crippen LogP contribution in [0.2, 0.25) is 0 Å². The first-order chi connectivity index (χ1) is 19.6. The van der Waals surface area contributed by atoms with E-state index in [0.29, 0.717) is 18.0 Å². The van der Waals surface area contributed by atoms with Crippen LogP contribution in [0, 0.1) is 6.92 Å². The molecule has 0 saturated heterocycles. The number of sulfonamides is 1. The van der Waals surface area contributed by atoms with Crippen LogP contribution < -0.4 is 14.4 Å². The fourth-order valence-electron chi connectivity index (χ4n) is 4.20. The van der Waals surface area contributed by atoms with Crippen LogP contribution in [-0.4, -0.2) is 57.6 Å². The Balaban J connectivity index is 2.00. The van der Waals surface area contributed by atoms with Crippen LogP contribution in [0.3, 0.4) is 0 Å². The zero-order valence-electron chi connectivity index (χ0n) is 24.3. The predicted molar refractivity (Wildman–Crippen MR) is 165 cm³/mol. The van der Waals surface area contributed by atoms with E-state index in [0.717, 1.165) is 33.2 Å². The number of aryl methyl sites for hydroxylation is 1. The van der Waals surface area contributed by atoms with Gasteiger partial charge < -0.3 is 15.0 Å². The van der Waals surface area contributed by atoms with Crippen molar-refractivity contribution in [3.05, 3.63) is 83.9 Å². The van der Waals surface area contributed by atoms with Gasteiger partial charge in [-0.1, -0.05) is 43.2 Å². The van der Waals surface area contributed by atoms with Gasteiger partial charge in [-0.05, 0) is 80.6 Å². The van der Waals surface area contributed by atoms with E-state index in [-0.39, 0.29) is 17.3 Å². The molecular formula is C31H39N3O5S2. The predicted octanol–water partition coefficient (Wildman–Crippen LogP) is 5.25. The van der Waals surface area contributed by atoms with Crippen molar-refractivity contribution in [2.75, 3.05) is 30.8 Å². The highest BCUT2D eigenvalue weighted by Gasteiger charge is 2.32. The quantitative estimate of drug-likeness (QED) is 0.201. The number of carbonyl (C=O) groups is 2. The maximum atomic E-state index is 14.0. The normalized spacial score (nSPS) is 11.9. The number of amides is 2. The smallest absolute Gasteiger partial charge is 0.264 e. The van der Waals surface area contributed by atoms with Gasteiger partial charge >= 0.3 is 0 Å². The number of benzene rings is 3. The van der Waals surface area contributed by atoms with Gasteiger partial charge in [-0.15, -0.1) is 11.8 Å². The number of methoxy groups -OCH3 is 1. The van der Waals surface area contributed by atoms with E-state index in [1.165, 1.54) is 16.7 Å². The molecule has 3 rings (SSSR count). The molecule has 0 aliphatic rings. The summed E-state index contributed by atoms with van der Waals surface area (Å²) >= 11 is 1.51. The van der Waals surface area contributed by atoms with E-state index in [4.69, 9.17) is 4.74 Å². The average Bonchev–Trinajstić information content (AvgIpc) is 2.98. The number of ether oxygens (including phenoxy) is 1. The molecule has 0 aliphatic carbocycles. The first-order valence-electron chi connectivity index (χ1n) is 13.5. The minimum absolute atomic E-state index is 0.0772. The molecule has 0 fully saturated rings. The van der Waals surface area contributed by atoms with Crippen LogP contribution in [-0.2, 0) is 26.2 Å². The molecule has 0 saturated carbocycles. The fraction of sp³-hybridized carbons (Fsp3) is 0.355. The zero-order valence-corrected chi connectivity index (χ0v) is 25.9. The molecule has 10 heteroatoms. The molecule has 41 heavy (non-hydrogen) atoms. The highest BCUT2D eigenvalue weighted by Crippen LogP contribution is 2.27. The second kappa shape index (κ2) is 14.9. The van der Waals surface area contributed by atoms with Gasteiger partial charge in [-0.3, -0.25) is 13.9 Å². The lowest BCUT2D eigenvalue weighted by molar-refractivity contribution is -0.139. The third-order valence-corrected chi connectivity index (χ3v) is 9.26. The molecular weight excluding hydrogens is 558 g/mol. The Morgan fingerprint density at radius 1 is 1.02 bits per heavy atom. The van der Waals surface area contributed by atoms with Crippen LogP contribution >= 0.6 is 11.8 Å². The van der Waals surface area contributed by atoms with Crippen molar-refractivity contribution < 1.29 is 22.7 Å². The molecule has 2 amide bonds. The Morgan fingerprint density at radius 3 is 2.32 bits per heavy atom. The van der Waals surface area contributed by atoms with E-state index in [1.807, 2.05) is 32.2 Å². The summed E-state index contributed by atoms with van der Waals surface area (Å²) in [6.45, 7) is 5.71. The molecule has 1 atom stereocenters. The molecule has 0 heterocycles. The number of hydrogen-bond donors (Lipinski definition) is 1. The second-order valence-electron chi connectivity index (χ2n) is 9.72. The number of thioether (sulfide) groups is 1. The lowest BCUT2D eigenvalue weighted by atomic mass is 10.1. The van der Waals surface area contributed by atoms with E-state index in [2.05, 4.69) is 5.32 Å². The second-order valence-corrected chi connectivity index (χ2v) is 12.5. The lowest BCUT2D eigenvalue weighted by Crippen LogP contribution is -2.51. The topological polar surface area (TPSA) is 96.0 Å². The molecule has 0 unspecified atom stereocenters. The number of nitrogens with one attached hydrogen (secondary N) is 1. The third-order valence-electron chi connectivity index (χ3n) is 6.73. The van der Waals surface area contributed by atoms with Gasteiger partial charge in [0.2, 0.25) is 11.8 Å². The minimum atomic E-state index is -4.11. The first kappa shape index (κ1) is 32.0. The standard InChI is InChI=1S/C31H39N3O5S2/c1-6-7-19-32-31(36)24(3)33(21-25-9-8-10-27(20-25)39-4)30(35)22-34(26-13-11-23(2)12-14-26)41(37,38)29-17-15-28(40-5)16-18-29/h8-18,20,24H,6-7,19,21-22H2,1-5H3,(H,32,36)/t24-/m1/s1. The van der Waals surface area contributed by atoms with Crippen molar-refractivity contribution in [3.8, 4) is 5.75 Å². The number of carbonyl (C=O) groups excluding carboxylic acids is 2. The summed E-state index contributed by atoms with van der Waals surface area (Å²) < 4.78 is 34.4. The average molecular weight is 598 g/mol. The maximum absolute atomic E-state index is 14.0. The molecule has 3 aromatic rings. The van der Waals surface area contributed by atoms with Crippen molar-refractivity contribution in [1.29, 1.82) is 0 Å². The number of hydrogen-bond acceptors (Lipinski definition) is 6. The van der Waals surface area contributed by atoms with E-state index >= 15 is 0 Å². The summed E-state index contributed by atoms with van der Waals surface area (Å²) in [4.78, 5) is 29.5. The van der Waals surface area contributed by atoms with Gasteiger partial charge in [0.15, 0.2) is 0 Å². The summed E-state index contributed by atoms with van der Waals surface area (Å²) in [7, 11) is -2.55. The molecule has 0 spiro atoms. The Morgan fingerprint density at radius 2 is 1.71 bits per heavy atom. The van der Waals surface area contributed by atoms with Crippen LogP contribution in [0.1, 0.15) is 37.8 Å². The molecule has 0 aromatic heterocycles. The molecule has 0 bridgehead atoms. The zero-order chi connectivity index (χ0) is 30.0. The van der Waals surface area contributed by atoms with Gasteiger partial charge in [0.05, 0.1) is 17.7 Å². The molecule has 0 aliphatic heterocycles. The number of nitrogens with zero attached hydrogens (tertiary/aromatic N) is 2. The first-order valence-corrected chi connectivity index (χ1v) is 16.2. The lowest BCUT2D eigenvalue weighted by Gasteiger charge is -2.32. The van der Waals surface area contributed by atoms with E-state index in [9.17, 15) is 18.0 Å². The Labute approximate surface area is 248 Å². The Kier molecular flexibility index (Phi) is 11.7. The van der Waals surface area contributed by atoms with Crippen LogP contribution in [0.15, 0.2) is 82.6 Å². The van der Waals surface area contributed by atoms with Crippen molar-refractivity contribution >= 4 is 39.3 Å². The van der Waals surface area contributed by atoms with Crippen LogP contribution in [0.5, 0.6) is 5.75 Å². The summed E-state index contributed by atoms with van der Waals surface area (Å²) in [5.74, 6) is -0.185. The summed E-state index contributed by atoms with van der Waals surface area (Å²) in [6.07, 6.45) is 3.65. The highest BCUT2D eigenvalue weighted by molar-refractivity contribution is 7.98. The third kappa shape index (κ3) is 8.50. The van der Waals surface area contributed by atoms with Gasteiger partial charge in [0.1, 0.15) is 18.3 Å². The summed E-state index contributed by atoms with van der Waals surface area (Å²) in [6, 6.07) is 19.9. The molecule has 0 radical (unpaired) electrons. The Hall–Kier alpha value is -3.50. The number of unbranched alkanes of at least 4 members (excludes halogenated alkanes) is 1. The largest absolute Gasteiger partial charge is 0.497 e. The highest BCUT2D eigenvalue weighted by atomic mass is 32.2. The van der Waals surface area contributed by atoms with Crippen molar-refractivity contribution in [2.24, 2.45) is 0 Å². The van der Waals surface area contributed by atoms with Crippen LogP contribution in [0.4, 0.5) is 5.69 Å². The fourth-order valence-corrected chi connectivity index (χ4v) is 6.02. The SMILES string of the molecule is CCCCNC(=O)[C@@H](C)N(Cc1cccc(OC)c1)C(=O)CN(c1ccc(C)cc1)S(=O)(=O)c1ccc(SC)cc1. The Bertz CT molecular complexity index is 1410. The molecule has 8 nitrogen and oxygen atoms in total. The maximum Gasteiger partial charge on any atom is 0.264 e. The summed E-state index contributed by atoms with van der Waals surface area (Å²) in [5, 5.41) is 2.89. The van der Waals surface area contributed by atoms with Gasteiger partial charge in [-0.25, -0.2) is 8.42 Å². The van der Waals surface area contributed by atoms with Crippen molar-refractivity contribution in [2.45, 2.75) is 56.0 Å². The van der Waals surface area contributed by atoms with Gasteiger partial charge in [0, 0.05) is 18.0 Å². The number of rotatable bonds is 14. The summed E-state index contributed by atoms with van der Waals surface area (Å²) in [5.41, 5.74) is 2.07. The van der Waals surface area contributed by atoms with Crippen molar-refractivity contribution in [1.82, 2.24) is 10.2 Å². The van der Waals surface area contributed by atoms with Gasteiger partial charge in [-0.2, -0.15) is 0 Å². The van der Waals surface area contributed by atoms with Crippen molar-refractivity contribution in [3.63, 3.8) is 0 Å². The molecule has 220 valence electrons. The minimum Gasteiger partial charge on any atom is -0.497 e. The molecule has 3 aromatic carbocycles. The van der Waals surface area contributed by atoms with Crippen LogP contribution in [0.25, 0.3) is 0 Å². The number of anilines is 1. The monoisotopic (exact) mass is 597 g/mol. The molecule has 1 N–H and O–H groups in total. The van der Waals surface area contributed by atoms with E-state index < -0.39 is 28.5 Å². The van der Waals surface area contributed by atoms with E-state index in [1.54, 1.807) is 74.7 Å². The van der Waals surface area contributed by atoms with Gasteiger partial charge in [0.25, 0.3) is 10.0 Å².